The standard InChI is InChI=1S/C16H21N5O3/c1-4-16(8-23-9-16)14(22)21-6-15(2,7-21)13-19-18-12(24-13)11-5-20(3)10-17-11/h5,10H,4,6-9H2,1-3H3. The van der Waals surface area contributed by atoms with Crippen molar-refractivity contribution in [3.05, 3.63) is 18.4 Å². The van der Waals surface area contributed by atoms with Crippen LogP contribution in [-0.4, -0.2) is 56.9 Å². The van der Waals surface area contributed by atoms with E-state index in [0.29, 0.717) is 43.8 Å². The third kappa shape index (κ3) is 2.16. The van der Waals surface area contributed by atoms with E-state index in [4.69, 9.17) is 9.15 Å². The lowest BCUT2D eigenvalue weighted by Crippen LogP contribution is -2.65. The van der Waals surface area contributed by atoms with E-state index in [-0.39, 0.29) is 16.7 Å². The summed E-state index contributed by atoms with van der Waals surface area (Å²) in [5.41, 5.74) is 0.0356. The molecule has 24 heavy (non-hydrogen) atoms. The summed E-state index contributed by atoms with van der Waals surface area (Å²) in [4.78, 5) is 18.8. The number of rotatable bonds is 4. The second kappa shape index (κ2) is 5.14. The first-order valence-electron chi connectivity index (χ1n) is 8.15. The van der Waals surface area contributed by atoms with Gasteiger partial charge < -0.3 is 18.6 Å². The summed E-state index contributed by atoms with van der Waals surface area (Å²) in [6, 6.07) is 0. The molecule has 8 nitrogen and oxygen atoms in total. The summed E-state index contributed by atoms with van der Waals surface area (Å²) in [6.07, 6.45) is 4.33. The van der Waals surface area contributed by atoms with Gasteiger partial charge in [0, 0.05) is 26.3 Å². The molecule has 2 aliphatic rings. The number of nitrogens with zero attached hydrogens (tertiary/aromatic N) is 5. The van der Waals surface area contributed by atoms with E-state index in [9.17, 15) is 4.79 Å². The van der Waals surface area contributed by atoms with Crippen LogP contribution in [0.15, 0.2) is 16.9 Å². The molecular weight excluding hydrogens is 310 g/mol. The Morgan fingerprint density at radius 3 is 2.62 bits per heavy atom. The summed E-state index contributed by atoms with van der Waals surface area (Å²) in [7, 11) is 1.89. The Balaban J connectivity index is 1.47. The Bertz CT molecular complexity index is 765. The number of ether oxygens (including phenoxy) is 1. The molecule has 0 aliphatic carbocycles. The SMILES string of the molecule is CCC1(C(=O)N2CC(C)(c3nnc(-c4cn(C)cn4)o3)C2)COC1. The van der Waals surface area contributed by atoms with E-state index in [0.717, 1.165) is 6.42 Å². The smallest absolute Gasteiger partial charge is 0.267 e. The molecule has 0 radical (unpaired) electrons. The van der Waals surface area contributed by atoms with Crippen LogP contribution in [0.25, 0.3) is 11.6 Å². The van der Waals surface area contributed by atoms with Crippen LogP contribution in [0, 0.1) is 5.41 Å². The molecule has 0 spiro atoms. The van der Waals surface area contributed by atoms with Crippen molar-refractivity contribution in [3.8, 4) is 11.6 Å². The molecular formula is C16H21N5O3. The lowest BCUT2D eigenvalue weighted by molar-refractivity contribution is -0.180. The van der Waals surface area contributed by atoms with Crippen LogP contribution in [0.4, 0.5) is 0 Å². The average Bonchev–Trinajstić information content (AvgIpc) is 3.12. The topological polar surface area (TPSA) is 86.3 Å². The van der Waals surface area contributed by atoms with Gasteiger partial charge in [0.15, 0.2) is 0 Å². The number of imidazole rings is 1. The van der Waals surface area contributed by atoms with Gasteiger partial charge in [0.2, 0.25) is 11.8 Å². The fourth-order valence-electron chi connectivity index (χ4n) is 3.33. The molecule has 2 aromatic rings. The minimum absolute atomic E-state index is 0.179. The highest BCUT2D eigenvalue weighted by atomic mass is 16.5. The normalized spacial score (nSPS) is 21.2. The summed E-state index contributed by atoms with van der Waals surface area (Å²) < 4.78 is 12.9. The maximum atomic E-state index is 12.7. The molecule has 0 unspecified atom stereocenters. The fourth-order valence-corrected chi connectivity index (χ4v) is 3.33. The highest BCUT2D eigenvalue weighted by Gasteiger charge is 2.53. The monoisotopic (exact) mass is 331 g/mol. The van der Waals surface area contributed by atoms with Crippen LogP contribution in [0.5, 0.6) is 0 Å². The van der Waals surface area contributed by atoms with Crippen molar-refractivity contribution in [2.45, 2.75) is 25.7 Å². The van der Waals surface area contributed by atoms with Gasteiger partial charge in [0.1, 0.15) is 5.69 Å². The molecule has 0 aromatic carbocycles. The molecule has 2 saturated heterocycles. The molecule has 0 saturated carbocycles. The van der Waals surface area contributed by atoms with Crippen molar-refractivity contribution in [1.29, 1.82) is 0 Å². The second-order valence-corrected chi connectivity index (χ2v) is 7.19. The van der Waals surface area contributed by atoms with Gasteiger partial charge in [-0.2, -0.15) is 0 Å². The molecule has 4 rings (SSSR count). The molecule has 1 amide bonds. The quantitative estimate of drug-likeness (QED) is 0.831. The number of likely N-dealkylation sites (tertiary alicyclic amines) is 1. The van der Waals surface area contributed by atoms with Crippen LogP contribution in [0.2, 0.25) is 0 Å². The number of hydrogen-bond acceptors (Lipinski definition) is 6. The van der Waals surface area contributed by atoms with Crippen LogP contribution < -0.4 is 0 Å². The van der Waals surface area contributed by atoms with Crippen LogP contribution in [0.3, 0.4) is 0 Å². The van der Waals surface area contributed by atoms with Gasteiger partial charge in [-0.25, -0.2) is 4.98 Å². The van der Waals surface area contributed by atoms with Gasteiger partial charge in [-0.3, -0.25) is 4.79 Å². The largest absolute Gasteiger partial charge is 0.418 e. The van der Waals surface area contributed by atoms with Gasteiger partial charge in [-0.05, 0) is 13.3 Å². The van der Waals surface area contributed by atoms with E-state index >= 15 is 0 Å². The Labute approximate surface area is 139 Å². The first-order chi connectivity index (χ1) is 11.5. The van der Waals surface area contributed by atoms with Crippen molar-refractivity contribution in [2.24, 2.45) is 12.5 Å². The lowest BCUT2D eigenvalue weighted by atomic mass is 9.76. The molecule has 0 N–H and O–H groups in total. The van der Waals surface area contributed by atoms with Crippen molar-refractivity contribution in [3.63, 3.8) is 0 Å². The molecule has 8 heteroatoms. The molecule has 2 fully saturated rings. The number of amides is 1. The molecule has 0 bridgehead atoms. The van der Waals surface area contributed by atoms with Crippen LogP contribution in [0.1, 0.15) is 26.2 Å². The van der Waals surface area contributed by atoms with E-state index < -0.39 is 0 Å². The summed E-state index contributed by atoms with van der Waals surface area (Å²) >= 11 is 0. The molecule has 2 aromatic heterocycles. The van der Waals surface area contributed by atoms with Gasteiger partial charge in [0.25, 0.3) is 5.89 Å². The zero-order valence-corrected chi connectivity index (χ0v) is 14.2. The van der Waals surface area contributed by atoms with Gasteiger partial charge in [-0.1, -0.05) is 6.92 Å². The van der Waals surface area contributed by atoms with E-state index in [1.165, 1.54) is 0 Å². The second-order valence-electron chi connectivity index (χ2n) is 7.19. The number of hydrogen-bond donors (Lipinski definition) is 0. The van der Waals surface area contributed by atoms with E-state index in [1.807, 2.05) is 36.6 Å². The minimum Gasteiger partial charge on any atom is -0.418 e. The van der Waals surface area contributed by atoms with Crippen LogP contribution >= 0.6 is 0 Å². The Morgan fingerprint density at radius 1 is 1.33 bits per heavy atom. The maximum absolute atomic E-state index is 12.7. The molecule has 4 heterocycles. The number of carbonyl (C=O) groups excluding carboxylic acids is 1. The first kappa shape index (κ1) is 15.3. The van der Waals surface area contributed by atoms with E-state index in [2.05, 4.69) is 15.2 Å². The highest BCUT2D eigenvalue weighted by Crippen LogP contribution is 2.40. The Morgan fingerprint density at radius 2 is 2.08 bits per heavy atom. The number of aromatic nitrogens is 4. The van der Waals surface area contributed by atoms with Gasteiger partial charge in [0.05, 0.1) is 30.4 Å². The van der Waals surface area contributed by atoms with Crippen molar-refractivity contribution < 1.29 is 13.9 Å². The number of aryl methyl sites for hydroxylation is 1. The predicted molar refractivity (Wildman–Crippen MR) is 84.0 cm³/mol. The van der Waals surface area contributed by atoms with Crippen molar-refractivity contribution >= 4 is 5.91 Å². The van der Waals surface area contributed by atoms with Gasteiger partial charge in [-0.15, -0.1) is 10.2 Å². The maximum Gasteiger partial charge on any atom is 0.267 e. The zero-order valence-electron chi connectivity index (χ0n) is 14.2. The van der Waals surface area contributed by atoms with Crippen LogP contribution in [-0.2, 0) is 22.0 Å². The Hall–Kier alpha value is -2.22. The lowest BCUT2D eigenvalue weighted by Gasteiger charge is -2.51. The van der Waals surface area contributed by atoms with E-state index in [1.54, 1.807) is 6.33 Å². The summed E-state index contributed by atoms with van der Waals surface area (Å²) in [5.74, 6) is 1.15. The molecule has 128 valence electrons. The Kier molecular flexibility index (Phi) is 3.28. The van der Waals surface area contributed by atoms with Crippen molar-refractivity contribution in [2.75, 3.05) is 26.3 Å². The predicted octanol–water partition coefficient (Wildman–Crippen LogP) is 0.997. The third-order valence-corrected chi connectivity index (χ3v) is 5.12. The average molecular weight is 331 g/mol. The number of carbonyl (C=O) groups is 1. The highest BCUT2D eigenvalue weighted by molar-refractivity contribution is 5.85. The summed E-state index contributed by atoms with van der Waals surface area (Å²) in [5, 5.41) is 8.27. The zero-order chi connectivity index (χ0) is 16.9. The molecule has 0 atom stereocenters. The van der Waals surface area contributed by atoms with Gasteiger partial charge >= 0.3 is 0 Å². The summed E-state index contributed by atoms with van der Waals surface area (Å²) in [6.45, 7) is 6.33. The fraction of sp³-hybridized carbons (Fsp3) is 0.625. The molecule has 2 aliphatic heterocycles. The van der Waals surface area contributed by atoms with Crippen molar-refractivity contribution in [1.82, 2.24) is 24.6 Å². The minimum atomic E-state index is -0.324. The third-order valence-electron chi connectivity index (χ3n) is 5.12. The first-order valence-corrected chi connectivity index (χ1v) is 8.15.